The van der Waals surface area contributed by atoms with Gasteiger partial charge in [-0.2, -0.15) is 5.10 Å². The molecule has 3 rings (SSSR count). The summed E-state index contributed by atoms with van der Waals surface area (Å²) in [4.78, 5) is 11.3. The number of hydrogen-bond acceptors (Lipinski definition) is 2. The number of benzene rings is 1. The van der Waals surface area contributed by atoms with E-state index >= 15 is 0 Å². The van der Waals surface area contributed by atoms with Gasteiger partial charge < -0.3 is 5.11 Å². The molecule has 5 heteroatoms. The Morgan fingerprint density at radius 3 is 2.63 bits per heavy atom. The number of halogens is 1. The number of hydrogen-bond donors (Lipinski definition) is 1. The molecule has 0 radical (unpaired) electrons. The highest BCUT2D eigenvalue weighted by Crippen LogP contribution is 2.31. The lowest BCUT2D eigenvalue weighted by molar-refractivity contribution is 0.0697. The van der Waals surface area contributed by atoms with Crippen LogP contribution in [-0.4, -0.2) is 20.9 Å². The van der Waals surface area contributed by atoms with E-state index < -0.39 is 5.97 Å². The molecule has 0 aliphatic heterocycles. The SMILES string of the molecule is O=C(O)c1cn(CC2CC2)nc1-c1ccc(Cl)cc1. The lowest BCUT2D eigenvalue weighted by atomic mass is 10.1. The molecule has 4 nitrogen and oxygen atoms in total. The van der Waals surface area contributed by atoms with Crippen LogP contribution in [-0.2, 0) is 6.54 Å². The molecule has 1 aromatic carbocycles. The van der Waals surface area contributed by atoms with Crippen LogP contribution in [0.15, 0.2) is 30.5 Å². The molecule has 0 bridgehead atoms. The summed E-state index contributed by atoms with van der Waals surface area (Å²) in [5.74, 6) is -0.299. The average Bonchev–Trinajstić information content (AvgIpc) is 3.07. The molecule has 0 spiro atoms. The van der Waals surface area contributed by atoms with Crippen molar-refractivity contribution in [3.05, 3.63) is 41.0 Å². The summed E-state index contributed by atoms with van der Waals surface area (Å²) in [6.07, 6.45) is 4.03. The van der Waals surface area contributed by atoms with Crippen molar-refractivity contribution >= 4 is 17.6 Å². The molecule has 0 atom stereocenters. The summed E-state index contributed by atoms with van der Waals surface area (Å²) in [5.41, 5.74) is 1.52. The summed E-state index contributed by atoms with van der Waals surface area (Å²) in [6, 6.07) is 7.06. The van der Waals surface area contributed by atoms with E-state index in [9.17, 15) is 9.90 Å². The molecular weight excluding hydrogens is 264 g/mol. The first kappa shape index (κ1) is 12.2. The fourth-order valence-corrected chi connectivity index (χ4v) is 2.18. The normalized spacial score (nSPS) is 14.6. The van der Waals surface area contributed by atoms with Gasteiger partial charge in [0.2, 0.25) is 0 Å². The van der Waals surface area contributed by atoms with E-state index in [1.165, 1.54) is 12.8 Å². The third kappa shape index (κ3) is 2.63. The molecular formula is C14H13ClN2O2. The van der Waals surface area contributed by atoms with Crippen LogP contribution in [0.4, 0.5) is 0 Å². The maximum Gasteiger partial charge on any atom is 0.339 e. The maximum atomic E-state index is 11.3. The molecule has 0 amide bonds. The molecule has 0 saturated heterocycles. The lowest BCUT2D eigenvalue weighted by Crippen LogP contribution is -2.00. The van der Waals surface area contributed by atoms with E-state index in [-0.39, 0.29) is 5.56 Å². The van der Waals surface area contributed by atoms with Crippen LogP contribution in [0.3, 0.4) is 0 Å². The second-order valence-electron chi connectivity index (χ2n) is 4.87. The Bertz CT molecular complexity index is 615. The van der Waals surface area contributed by atoms with Gasteiger partial charge in [0.1, 0.15) is 11.3 Å². The van der Waals surface area contributed by atoms with Crippen molar-refractivity contribution in [2.24, 2.45) is 5.92 Å². The molecule has 1 aromatic heterocycles. The predicted molar refractivity (Wildman–Crippen MR) is 72.4 cm³/mol. The van der Waals surface area contributed by atoms with E-state index in [1.807, 2.05) is 0 Å². The number of carboxylic acids is 1. The van der Waals surface area contributed by atoms with Crippen LogP contribution >= 0.6 is 11.6 Å². The van der Waals surface area contributed by atoms with Crippen LogP contribution in [0.25, 0.3) is 11.3 Å². The minimum Gasteiger partial charge on any atom is -0.478 e. The van der Waals surface area contributed by atoms with Crippen LogP contribution in [0.2, 0.25) is 5.02 Å². The summed E-state index contributed by atoms with van der Waals surface area (Å²) in [7, 11) is 0. The number of rotatable bonds is 4. The largest absolute Gasteiger partial charge is 0.478 e. The highest BCUT2D eigenvalue weighted by atomic mass is 35.5. The van der Waals surface area contributed by atoms with Gasteiger partial charge in [-0.1, -0.05) is 23.7 Å². The zero-order chi connectivity index (χ0) is 13.4. The molecule has 1 saturated carbocycles. The first-order chi connectivity index (χ1) is 9.13. The van der Waals surface area contributed by atoms with Crippen molar-refractivity contribution in [2.75, 3.05) is 0 Å². The van der Waals surface area contributed by atoms with Gasteiger partial charge in [0.15, 0.2) is 0 Å². The summed E-state index contributed by atoms with van der Waals surface area (Å²) < 4.78 is 1.74. The highest BCUT2D eigenvalue weighted by Gasteiger charge is 2.24. The zero-order valence-electron chi connectivity index (χ0n) is 10.2. The molecule has 1 N–H and O–H groups in total. The average molecular weight is 277 g/mol. The Morgan fingerprint density at radius 2 is 2.05 bits per heavy atom. The van der Waals surface area contributed by atoms with Crippen LogP contribution < -0.4 is 0 Å². The van der Waals surface area contributed by atoms with Crippen molar-refractivity contribution in [3.8, 4) is 11.3 Å². The van der Waals surface area contributed by atoms with E-state index in [2.05, 4.69) is 5.10 Å². The summed E-state index contributed by atoms with van der Waals surface area (Å²) in [6.45, 7) is 0.799. The molecule has 2 aromatic rings. The van der Waals surface area contributed by atoms with E-state index in [4.69, 9.17) is 11.6 Å². The van der Waals surface area contributed by atoms with E-state index in [0.717, 1.165) is 12.1 Å². The molecule has 1 heterocycles. The second-order valence-corrected chi connectivity index (χ2v) is 5.31. The van der Waals surface area contributed by atoms with Crippen LogP contribution in [0.5, 0.6) is 0 Å². The summed E-state index contributed by atoms with van der Waals surface area (Å²) >= 11 is 5.84. The van der Waals surface area contributed by atoms with E-state index in [0.29, 0.717) is 16.6 Å². The third-order valence-electron chi connectivity index (χ3n) is 3.25. The minimum atomic E-state index is -0.952. The quantitative estimate of drug-likeness (QED) is 0.932. The van der Waals surface area contributed by atoms with Gasteiger partial charge in [0.25, 0.3) is 0 Å². The molecule has 1 aliphatic carbocycles. The predicted octanol–water partition coefficient (Wildman–Crippen LogP) is 3.31. The third-order valence-corrected chi connectivity index (χ3v) is 3.50. The first-order valence-electron chi connectivity index (χ1n) is 6.20. The Labute approximate surface area is 115 Å². The van der Waals surface area contributed by atoms with Crippen molar-refractivity contribution in [1.29, 1.82) is 0 Å². The van der Waals surface area contributed by atoms with Gasteiger partial charge in [-0.15, -0.1) is 0 Å². The van der Waals surface area contributed by atoms with Crippen molar-refractivity contribution in [1.82, 2.24) is 9.78 Å². The molecule has 98 valence electrons. The molecule has 1 aliphatic rings. The fraction of sp³-hybridized carbons (Fsp3) is 0.286. The zero-order valence-corrected chi connectivity index (χ0v) is 11.0. The number of aromatic nitrogens is 2. The van der Waals surface area contributed by atoms with Crippen LogP contribution in [0, 0.1) is 5.92 Å². The lowest BCUT2D eigenvalue weighted by Gasteiger charge is -1.99. The van der Waals surface area contributed by atoms with Gasteiger partial charge in [0, 0.05) is 23.3 Å². The molecule has 0 unspecified atom stereocenters. The minimum absolute atomic E-state index is 0.239. The smallest absolute Gasteiger partial charge is 0.339 e. The van der Waals surface area contributed by atoms with E-state index in [1.54, 1.807) is 35.1 Å². The number of aromatic carboxylic acids is 1. The van der Waals surface area contributed by atoms with Crippen molar-refractivity contribution in [3.63, 3.8) is 0 Å². The van der Waals surface area contributed by atoms with Gasteiger partial charge in [-0.3, -0.25) is 4.68 Å². The van der Waals surface area contributed by atoms with Crippen molar-refractivity contribution < 1.29 is 9.90 Å². The number of carbonyl (C=O) groups is 1. The highest BCUT2D eigenvalue weighted by molar-refractivity contribution is 6.30. The topological polar surface area (TPSA) is 55.1 Å². The molecule has 1 fully saturated rings. The van der Waals surface area contributed by atoms with Gasteiger partial charge >= 0.3 is 5.97 Å². The number of nitrogens with zero attached hydrogens (tertiary/aromatic N) is 2. The van der Waals surface area contributed by atoms with Gasteiger partial charge in [-0.05, 0) is 30.9 Å². The van der Waals surface area contributed by atoms with Gasteiger partial charge in [0.05, 0.1) is 0 Å². The standard InChI is InChI=1S/C14H13ClN2O2/c15-11-5-3-10(4-6-11)13-12(14(18)19)8-17(16-13)7-9-1-2-9/h3-6,8-9H,1-2,7H2,(H,18,19). The Hall–Kier alpha value is -1.81. The number of carboxylic acid groups (broad SMARTS) is 1. The Morgan fingerprint density at radius 1 is 1.37 bits per heavy atom. The maximum absolute atomic E-state index is 11.3. The first-order valence-corrected chi connectivity index (χ1v) is 6.58. The fourth-order valence-electron chi connectivity index (χ4n) is 2.06. The molecule has 19 heavy (non-hydrogen) atoms. The summed E-state index contributed by atoms with van der Waals surface area (Å²) in [5, 5.41) is 14.3. The Balaban J connectivity index is 1.99. The second kappa shape index (κ2) is 4.70. The van der Waals surface area contributed by atoms with Crippen molar-refractivity contribution in [2.45, 2.75) is 19.4 Å². The monoisotopic (exact) mass is 276 g/mol. The Kier molecular flexibility index (Phi) is 3.03. The van der Waals surface area contributed by atoms with Crippen LogP contribution in [0.1, 0.15) is 23.2 Å². The van der Waals surface area contributed by atoms with Gasteiger partial charge in [-0.25, -0.2) is 4.79 Å².